The second-order valence-corrected chi connectivity index (χ2v) is 5.68. The molecule has 1 aromatic carbocycles. The highest BCUT2D eigenvalue weighted by atomic mass is 19.1. The molecule has 19 heavy (non-hydrogen) atoms. The van der Waals surface area contributed by atoms with Gasteiger partial charge in [-0.3, -0.25) is 0 Å². The van der Waals surface area contributed by atoms with E-state index >= 15 is 0 Å². The van der Waals surface area contributed by atoms with Crippen molar-refractivity contribution in [2.24, 2.45) is 5.73 Å². The first-order valence-corrected chi connectivity index (χ1v) is 7.42. The van der Waals surface area contributed by atoms with Gasteiger partial charge in [0.25, 0.3) is 0 Å². The van der Waals surface area contributed by atoms with Crippen LogP contribution in [0.25, 0.3) is 0 Å². The van der Waals surface area contributed by atoms with E-state index in [-0.39, 0.29) is 11.9 Å². The molecular formula is C16H25FN2. The first kappa shape index (κ1) is 14.3. The third-order valence-corrected chi connectivity index (χ3v) is 4.16. The summed E-state index contributed by atoms with van der Waals surface area (Å²) in [5, 5.41) is 0. The quantitative estimate of drug-likeness (QED) is 0.902. The summed E-state index contributed by atoms with van der Waals surface area (Å²) in [6, 6.07) is 5.80. The Balaban J connectivity index is 2.27. The summed E-state index contributed by atoms with van der Waals surface area (Å²) >= 11 is 0. The molecule has 0 radical (unpaired) electrons. The van der Waals surface area contributed by atoms with E-state index in [1.807, 2.05) is 6.07 Å². The van der Waals surface area contributed by atoms with Gasteiger partial charge in [-0.05, 0) is 62.8 Å². The number of nitrogens with two attached hydrogens (primary N) is 1. The van der Waals surface area contributed by atoms with Crippen molar-refractivity contribution >= 4 is 5.69 Å². The standard InChI is InChI=1S/C16H25FN2/c1-3-15(18)11-13-10-14(17)7-8-16(13)19-9-5-4-6-12(19)2/h7-8,10,12,15H,3-6,9,11,18H2,1-2H3. The number of halogens is 1. The Morgan fingerprint density at radius 3 is 2.89 bits per heavy atom. The van der Waals surface area contributed by atoms with Gasteiger partial charge in [-0.1, -0.05) is 6.92 Å². The predicted octanol–water partition coefficient (Wildman–Crippen LogP) is 3.48. The Labute approximate surface area is 115 Å². The monoisotopic (exact) mass is 264 g/mol. The van der Waals surface area contributed by atoms with Crippen molar-refractivity contribution in [1.29, 1.82) is 0 Å². The van der Waals surface area contributed by atoms with Crippen molar-refractivity contribution in [3.05, 3.63) is 29.6 Å². The number of hydrogen-bond donors (Lipinski definition) is 1. The number of rotatable bonds is 4. The van der Waals surface area contributed by atoms with E-state index in [0.29, 0.717) is 6.04 Å². The lowest BCUT2D eigenvalue weighted by Gasteiger charge is -2.37. The molecule has 106 valence electrons. The topological polar surface area (TPSA) is 29.3 Å². The van der Waals surface area contributed by atoms with Crippen LogP contribution in [0.15, 0.2) is 18.2 Å². The van der Waals surface area contributed by atoms with Crippen molar-refractivity contribution in [1.82, 2.24) is 0 Å². The van der Waals surface area contributed by atoms with E-state index in [0.717, 1.165) is 24.9 Å². The van der Waals surface area contributed by atoms with E-state index in [2.05, 4.69) is 18.7 Å². The molecule has 1 aliphatic heterocycles. The molecule has 0 spiro atoms. The van der Waals surface area contributed by atoms with E-state index in [1.54, 1.807) is 12.1 Å². The maximum Gasteiger partial charge on any atom is 0.123 e. The first-order valence-electron chi connectivity index (χ1n) is 7.42. The maximum atomic E-state index is 13.5. The zero-order valence-corrected chi connectivity index (χ0v) is 12.0. The molecule has 0 amide bonds. The van der Waals surface area contributed by atoms with Gasteiger partial charge in [0, 0.05) is 24.3 Å². The van der Waals surface area contributed by atoms with Gasteiger partial charge in [0.2, 0.25) is 0 Å². The Kier molecular flexibility index (Phi) is 4.81. The molecule has 3 heteroatoms. The van der Waals surface area contributed by atoms with Crippen LogP contribution >= 0.6 is 0 Å². The molecule has 0 saturated carbocycles. The molecule has 2 unspecified atom stereocenters. The van der Waals surface area contributed by atoms with E-state index in [1.165, 1.54) is 24.9 Å². The van der Waals surface area contributed by atoms with Gasteiger partial charge < -0.3 is 10.6 Å². The highest BCUT2D eigenvalue weighted by Crippen LogP contribution is 2.29. The zero-order valence-electron chi connectivity index (χ0n) is 12.0. The van der Waals surface area contributed by atoms with Crippen LogP contribution in [0.2, 0.25) is 0 Å². The fourth-order valence-electron chi connectivity index (χ4n) is 2.88. The smallest absolute Gasteiger partial charge is 0.123 e. The normalized spacial score (nSPS) is 21.5. The maximum absolute atomic E-state index is 13.5. The average molecular weight is 264 g/mol. The van der Waals surface area contributed by atoms with Gasteiger partial charge in [-0.25, -0.2) is 4.39 Å². The van der Waals surface area contributed by atoms with Crippen LogP contribution in [0.3, 0.4) is 0 Å². The van der Waals surface area contributed by atoms with Crippen LogP contribution < -0.4 is 10.6 Å². The van der Waals surface area contributed by atoms with Crippen molar-refractivity contribution in [3.8, 4) is 0 Å². The Hall–Kier alpha value is -1.09. The molecule has 1 aliphatic rings. The number of nitrogens with zero attached hydrogens (tertiary/aromatic N) is 1. The highest BCUT2D eigenvalue weighted by Gasteiger charge is 2.21. The molecule has 2 atom stereocenters. The lowest BCUT2D eigenvalue weighted by Crippen LogP contribution is -2.38. The minimum atomic E-state index is -0.160. The van der Waals surface area contributed by atoms with Crippen LogP contribution in [0, 0.1) is 5.82 Å². The minimum Gasteiger partial charge on any atom is -0.369 e. The minimum absolute atomic E-state index is 0.112. The summed E-state index contributed by atoms with van der Waals surface area (Å²) in [6.45, 7) is 5.40. The van der Waals surface area contributed by atoms with Gasteiger partial charge in [0.1, 0.15) is 5.82 Å². The van der Waals surface area contributed by atoms with Crippen molar-refractivity contribution < 1.29 is 4.39 Å². The van der Waals surface area contributed by atoms with Crippen molar-refractivity contribution in [3.63, 3.8) is 0 Å². The van der Waals surface area contributed by atoms with Crippen LogP contribution in [-0.4, -0.2) is 18.6 Å². The third kappa shape index (κ3) is 3.47. The van der Waals surface area contributed by atoms with Crippen LogP contribution in [-0.2, 0) is 6.42 Å². The predicted molar refractivity (Wildman–Crippen MR) is 79.0 cm³/mol. The molecule has 2 nitrogen and oxygen atoms in total. The summed E-state index contributed by atoms with van der Waals surface area (Å²) in [5.74, 6) is -0.160. The van der Waals surface area contributed by atoms with Gasteiger partial charge in [-0.15, -0.1) is 0 Å². The molecule has 1 saturated heterocycles. The third-order valence-electron chi connectivity index (χ3n) is 4.16. The first-order chi connectivity index (χ1) is 9.11. The number of anilines is 1. The van der Waals surface area contributed by atoms with Crippen molar-refractivity contribution in [2.45, 2.75) is 58.0 Å². The van der Waals surface area contributed by atoms with Gasteiger partial charge in [-0.2, -0.15) is 0 Å². The van der Waals surface area contributed by atoms with Crippen LogP contribution in [0.4, 0.5) is 10.1 Å². The van der Waals surface area contributed by atoms with E-state index < -0.39 is 0 Å². The highest BCUT2D eigenvalue weighted by molar-refractivity contribution is 5.55. The molecule has 1 heterocycles. The van der Waals surface area contributed by atoms with Gasteiger partial charge in [0.15, 0.2) is 0 Å². The molecule has 2 rings (SSSR count). The molecule has 1 fully saturated rings. The Morgan fingerprint density at radius 1 is 1.42 bits per heavy atom. The number of hydrogen-bond acceptors (Lipinski definition) is 2. The largest absolute Gasteiger partial charge is 0.369 e. The van der Waals surface area contributed by atoms with Crippen molar-refractivity contribution in [2.75, 3.05) is 11.4 Å². The summed E-state index contributed by atoms with van der Waals surface area (Å²) in [5.41, 5.74) is 8.28. The molecular weight excluding hydrogens is 239 g/mol. The molecule has 1 aromatic rings. The summed E-state index contributed by atoms with van der Waals surface area (Å²) in [7, 11) is 0. The zero-order chi connectivity index (χ0) is 13.8. The number of piperidine rings is 1. The van der Waals surface area contributed by atoms with Crippen LogP contribution in [0.5, 0.6) is 0 Å². The summed E-state index contributed by atoms with van der Waals surface area (Å²) < 4.78 is 13.5. The van der Waals surface area contributed by atoms with Crippen LogP contribution in [0.1, 0.15) is 45.1 Å². The lowest BCUT2D eigenvalue weighted by molar-refractivity contribution is 0.482. The lowest BCUT2D eigenvalue weighted by atomic mass is 9.98. The van der Waals surface area contributed by atoms with Gasteiger partial charge >= 0.3 is 0 Å². The Bertz CT molecular complexity index is 419. The van der Waals surface area contributed by atoms with E-state index in [9.17, 15) is 4.39 Å². The second-order valence-electron chi connectivity index (χ2n) is 5.68. The number of benzene rings is 1. The molecule has 0 aliphatic carbocycles. The van der Waals surface area contributed by atoms with Gasteiger partial charge in [0.05, 0.1) is 0 Å². The molecule has 2 N–H and O–H groups in total. The SMILES string of the molecule is CCC(N)Cc1cc(F)ccc1N1CCCCC1C. The fourth-order valence-corrected chi connectivity index (χ4v) is 2.88. The average Bonchev–Trinajstić information content (AvgIpc) is 2.40. The molecule has 0 aromatic heterocycles. The Morgan fingerprint density at radius 2 is 2.21 bits per heavy atom. The van der Waals surface area contributed by atoms with E-state index in [4.69, 9.17) is 5.73 Å². The summed E-state index contributed by atoms with van der Waals surface area (Å²) in [6.07, 6.45) is 5.42. The molecule has 0 bridgehead atoms. The second kappa shape index (κ2) is 6.38. The summed E-state index contributed by atoms with van der Waals surface area (Å²) in [4.78, 5) is 2.42. The fraction of sp³-hybridized carbons (Fsp3) is 0.625.